The van der Waals surface area contributed by atoms with Gasteiger partial charge in [-0.3, -0.25) is 4.79 Å². The maximum absolute atomic E-state index is 11.6. The summed E-state index contributed by atoms with van der Waals surface area (Å²) in [6, 6.07) is 0. The third-order valence-electron chi connectivity index (χ3n) is 1.96. The zero-order valence-electron chi connectivity index (χ0n) is 7.03. The summed E-state index contributed by atoms with van der Waals surface area (Å²) in [5.41, 5.74) is 0. The molecule has 0 aromatic carbocycles. The molecule has 1 aromatic rings. The molecule has 0 bridgehead atoms. The first-order valence-electron chi connectivity index (χ1n) is 4.14. The van der Waals surface area contributed by atoms with Gasteiger partial charge in [-0.25, -0.2) is 4.98 Å². The number of hydrogen-bond donors (Lipinski definition) is 1. The molecule has 1 amide bonds. The second-order valence-corrected chi connectivity index (χ2v) is 4.93. The Morgan fingerprint density at radius 3 is 3.23 bits per heavy atom. The number of carbonyl (C=O) groups is 1. The highest BCUT2D eigenvalue weighted by molar-refractivity contribution is 7.99. The van der Waals surface area contributed by atoms with Crippen LogP contribution in [0.1, 0.15) is 6.42 Å². The minimum Gasteiger partial charge on any atom is -0.302 e. The molecule has 13 heavy (non-hydrogen) atoms. The molecule has 1 atom stereocenters. The quantitative estimate of drug-likeness (QED) is 0.816. The van der Waals surface area contributed by atoms with Gasteiger partial charge in [-0.1, -0.05) is 0 Å². The number of nitrogens with zero attached hydrogens (tertiary/aromatic N) is 1. The van der Waals surface area contributed by atoms with Gasteiger partial charge in [0.15, 0.2) is 5.13 Å². The maximum Gasteiger partial charge on any atom is 0.230 e. The highest BCUT2D eigenvalue weighted by atomic mass is 32.2. The van der Waals surface area contributed by atoms with Gasteiger partial charge < -0.3 is 5.32 Å². The molecule has 1 aliphatic heterocycles. The smallest absolute Gasteiger partial charge is 0.230 e. The fourth-order valence-corrected chi connectivity index (χ4v) is 2.99. The van der Waals surface area contributed by atoms with Crippen molar-refractivity contribution >= 4 is 34.1 Å². The van der Waals surface area contributed by atoms with Crippen LogP contribution in [-0.2, 0) is 4.79 Å². The van der Waals surface area contributed by atoms with E-state index in [1.54, 1.807) is 6.20 Å². The first-order valence-corrected chi connectivity index (χ1v) is 6.18. The minimum absolute atomic E-state index is 0.125. The first kappa shape index (κ1) is 9.02. The zero-order chi connectivity index (χ0) is 9.10. The lowest BCUT2D eigenvalue weighted by Gasteiger charge is -2.06. The molecule has 0 radical (unpaired) electrons. The summed E-state index contributed by atoms with van der Waals surface area (Å²) in [7, 11) is 0. The van der Waals surface area contributed by atoms with Crippen molar-refractivity contribution in [2.45, 2.75) is 6.42 Å². The van der Waals surface area contributed by atoms with Gasteiger partial charge in [-0.15, -0.1) is 11.3 Å². The van der Waals surface area contributed by atoms with Crippen LogP contribution in [0.2, 0.25) is 0 Å². The van der Waals surface area contributed by atoms with Crippen LogP contribution in [0.4, 0.5) is 5.13 Å². The summed E-state index contributed by atoms with van der Waals surface area (Å²) >= 11 is 3.31. The topological polar surface area (TPSA) is 42.0 Å². The van der Waals surface area contributed by atoms with E-state index in [4.69, 9.17) is 0 Å². The van der Waals surface area contributed by atoms with Crippen molar-refractivity contribution < 1.29 is 4.79 Å². The molecule has 3 nitrogen and oxygen atoms in total. The number of amides is 1. The highest BCUT2D eigenvalue weighted by Crippen LogP contribution is 2.24. The van der Waals surface area contributed by atoms with Crippen molar-refractivity contribution in [1.29, 1.82) is 0 Å². The van der Waals surface area contributed by atoms with E-state index in [1.165, 1.54) is 11.3 Å². The third kappa shape index (κ3) is 2.22. The normalized spacial score (nSPS) is 21.7. The number of carbonyl (C=O) groups excluding carboxylic acids is 1. The summed E-state index contributed by atoms with van der Waals surface area (Å²) in [5, 5.41) is 5.39. The first-order chi connectivity index (χ1) is 6.36. The average Bonchev–Trinajstić information content (AvgIpc) is 2.74. The van der Waals surface area contributed by atoms with Crippen molar-refractivity contribution in [3.05, 3.63) is 11.6 Å². The van der Waals surface area contributed by atoms with E-state index >= 15 is 0 Å². The van der Waals surface area contributed by atoms with Gasteiger partial charge in [0.1, 0.15) is 0 Å². The molecule has 2 rings (SSSR count). The molecule has 5 heteroatoms. The Bertz CT molecular complexity index is 280. The number of anilines is 1. The minimum atomic E-state index is 0.125. The van der Waals surface area contributed by atoms with Gasteiger partial charge in [0.25, 0.3) is 0 Å². The molecule has 1 saturated heterocycles. The summed E-state index contributed by atoms with van der Waals surface area (Å²) in [4.78, 5) is 15.6. The SMILES string of the molecule is O=C(Nc1nccs1)C1CCSC1. The number of nitrogens with one attached hydrogen (secondary N) is 1. The van der Waals surface area contributed by atoms with Crippen LogP contribution in [-0.4, -0.2) is 22.4 Å². The molecule has 1 unspecified atom stereocenters. The van der Waals surface area contributed by atoms with Crippen LogP contribution in [0.3, 0.4) is 0 Å². The molecule has 1 aromatic heterocycles. The standard InChI is InChI=1S/C8H10N2OS2/c11-7(6-1-3-12-5-6)10-8-9-2-4-13-8/h2,4,6H,1,3,5H2,(H,9,10,11). The van der Waals surface area contributed by atoms with E-state index in [0.717, 1.165) is 17.9 Å². The lowest BCUT2D eigenvalue weighted by atomic mass is 10.1. The van der Waals surface area contributed by atoms with E-state index in [0.29, 0.717) is 5.13 Å². The van der Waals surface area contributed by atoms with Gasteiger partial charge in [-0.2, -0.15) is 11.8 Å². The summed E-state index contributed by atoms with van der Waals surface area (Å²) < 4.78 is 0. The van der Waals surface area contributed by atoms with Gasteiger partial charge in [-0.05, 0) is 12.2 Å². The van der Waals surface area contributed by atoms with E-state index in [2.05, 4.69) is 10.3 Å². The van der Waals surface area contributed by atoms with E-state index in [-0.39, 0.29) is 11.8 Å². The van der Waals surface area contributed by atoms with Crippen LogP contribution < -0.4 is 5.32 Å². The molecular weight excluding hydrogens is 204 g/mol. The molecule has 0 saturated carbocycles. The molecule has 1 fully saturated rings. The summed E-state index contributed by atoms with van der Waals surface area (Å²) in [6.45, 7) is 0. The van der Waals surface area contributed by atoms with E-state index in [1.807, 2.05) is 17.1 Å². The van der Waals surface area contributed by atoms with Gasteiger partial charge in [0.05, 0.1) is 0 Å². The van der Waals surface area contributed by atoms with Crippen LogP contribution in [0, 0.1) is 5.92 Å². The van der Waals surface area contributed by atoms with Crippen LogP contribution >= 0.6 is 23.1 Å². The lowest BCUT2D eigenvalue weighted by Crippen LogP contribution is -2.22. The fourth-order valence-electron chi connectivity index (χ4n) is 1.23. The predicted molar refractivity (Wildman–Crippen MR) is 56.2 cm³/mol. The molecule has 1 N–H and O–H groups in total. The van der Waals surface area contributed by atoms with Crippen LogP contribution in [0.5, 0.6) is 0 Å². The number of aromatic nitrogens is 1. The molecule has 70 valence electrons. The lowest BCUT2D eigenvalue weighted by molar-refractivity contribution is -0.119. The fraction of sp³-hybridized carbons (Fsp3) is 0.500. The van der Waals surface area contributed by atoms with Crippen molar-refractivity contribution in [3.63, 3.8) is 0 Å². The van der Waals surface area contributed by atoms with Gasteiger partial charge in [0, 0.05) is 23.2 Å². The molecule has 1 aliphatic rings. The Balaban J connectivity index is 1.91. The molecular formula is C8H10N2OS2. The number of hydrogen-bond acceptors (Lipinski definition) is 4. The largest absolute Gasteiger partial charge is 0.302 e. The zero-order valence-corrected chi connectivity index (χ0v) is 8.66. The molecule has 0 spiro atoms. The summed E-state index contributed by atoms with van der Waals surface area (Å²) in [6.07, 6.45) is 2.70. The summed E-state index contributed by atoms with van der Waals surface area (Å²) in [5.74, 6) is 2.38. The van der Waals surface area contributed by atoms with Crippen LogP contribution in [0.25, 0.3) is 0 Å². The number of rotatable bonds is 2. The maximum atomic E-state index is 11.6. The Hall–Kier alpha value is -0.550. The second-order valence-electron chi connectivity index (χ2n) is 2.89. The predicted octanol–water partition coefficient (Wildman–Crippen LogP) is 1.83. The Morgan fingerprint density at radius 1 is 1.69 bits per heavy atom. The van der Waals surface area contributed by atoms with Crippen molar-refractivity contribution in [2.75, 3.05) is 16.8 Å². The van der Waals surface area contributed by atoms with Gasteiger partial charge in [0.2, 0.25) is 5.91 Å². The number of thiazole rings is 1. The monoisotopic (exact) mass is 214 g/mol. The van der Waals surface area contributed by atoms with Gasteiger partial charge >= 0.3 is 0 Å². The average molecular weight is 214 g/mol. The van der Waals surface area contributed by atoms with E-state index in [9.17, 15) is 4.79 Å². The van der Waals surface area contributed by atoms with Crippen molar-refractivity contribution in [1.82, 2.24) is 4.98 Å². The second kappa shape index (κ2) is 4.11. The Labute approximate surface area is 84.9 Å². The third-order valence-corrected chi connectivity index (χ3v) is 3.81. The number of thioether (sulfide) groups is 1. The van der Waals surface area contributed by atoms with Crippen molar-refractivity contribution in [2.24, 2.45) is 5.92 Å². The van der Waals surface area contributed by atoms with Crippen LogP contribution in [0.15, 0.2) is 11.6 Å². The Morgan fingerprint density at radius 2 is 2.62 bits per heavy atom. The van der Waals surface area contributed by atoms with Crippen molar-refractivity contribution in [3.8, 4) is 0 Å². The Kier molecular flexibility index (Phi) is 2.85. The van der Waals surface area contributed by atoms with E-state index < -0.39 is 0 Å². The molecule has 0 aliphatic carbocycles. The highest BCUT2D eigenvalue weighted by Gasteiger charge is 2.23. The molecule has 2 heterocycles.